The van der Waals surface area contributed by atoms with Crippen molar-refractivity contribution in [2.24, 2.45) is 0 Å². The Morgan fingerprint density at radius 1 is 0.786 bits per heavy atom. The number of nitrogens with one attached hydrogen (secondary N) is 1. The number of fused-ring (bicyclic) bond motifs is 4. The number of ether oxygens (including phenoxy) is 2. The van der Waals surface area contributed by atoms with Crippen LogP contribution >= 0.6 is 0 Å². The molecule has 0 saturated heterocycles. The summed E-state index contributed by atoms with van der Waals surface area (Å²) < 4.78 is 11.0. The van der Waals surface area contributed by atoms with Gasteiger partial charge in [-0.1, -0.05) is 36.4 Å². The van der Waals surface area contributed by atoms with Gasteiger partial charge in [0.15, 0.2) is 11.5 Å². The molecule has 1 N–H and O–H groups in total. The van der Waals surface area contributed by atoms with Gasteiger partial charge in [-0.3, -0.25) is 0 Å². The third-order valence-electron chi connectivity index (χ3n) is 6.21. The monoisotopic (exact) mass is 372 g/mol. The van der Waals surface area contributed by atoms with Crippen LogP contribution in [0.25, 0.3) is 11.1 Å². The summed E-state index contributed by atoms with van der Waals surface area (Å²) in [5, 5.41) is 0. The van der Waals surface area contributed by atoms with Gasteiger partial charge in [-0.15, -0.1) is 0 Å². The molecule has 0 amide bonds. The van der Waals surface area contributed by atoms with Gasteiger partial charge in [0.25, 0.3) is 0 Å². The molecule has 0 bridgehead atoms. The molecule has 1 aliphatic heterocycles. The minimum absolute atomic E-state index is 0.831. The lowest BCUT2D eigenvalue weighted by Gasteiger charge is -2.27. The normalized spacial score (nSPS) is 16.9. The second-order valence-corrected chi connectivity index (χ2v) is 7.90. The molecule has 3 heteroatoms. The van der Waals surface area contributed by atoms with Crippen molar-refractivity contribution < 1.29 is 14.4 Å². The molecule has 3 aromatic rings. The Bertz CT molecular complexity index is 1040. The van der Waals surface area contributed by atoms with E-state index >= 15 is 0 Å². The van der Waals surface area contributed by atoms with Crippen LogP contribution < -0.4 is 14.4 Å². The van der Waals surface area contributed by atoms with E-state index in [1.165, 1.54) is 38.9 Å². The number of hydrogen-bond acceptors (Lipinski definition) is 2. The molecule has 1 heterocycles. The predicted octanol–water partition coefficient (Wildman–Crippen LogP) is 3.42. The van der Waals surface area contributed by atoms with E-state index in [4.69, 9.17) is 9.47 Å². The van der Waals surface area contributed by atoms with E-state index in [1.807, 2.05) is 0 Å². The van der Waals surface area contributed by atoms with Gasteiger partial charge in [0.1, 0.15) is 13.1 Å². The molecule has 28 heavy (non-hydrogen) atoms. The molecule has 0 fully saturated rings. The summed E-state index contributed by atoms with van der Waals surface area (Å²) in [5.41, 5.74) is 9.96. The second-order valence-electron chi connectivity index (χ2n) is 7.90. The molecule has 0 aromatic heterocycles. The summed E-state index contributed by atoms with van der Waals surface area (Å²) >= 11 is 0. The van der Waals surface area contributed by atoms with Crippen molar-refractivity contribution in [3.8, 4) is 22.6 Å². The maximum atomic E-state index is 5.50. The molecule has 142 valence electrons. The first-order valence-corrected chi connectivity index (χ1v) is 10.0. The molecule has 3 aromatic carbocycles. The maximum Gasteiger partial charge on any atom is 0.161 e. The van der Waals surface area contributed by atoms with Gasteiger partial charge in [-0.2, -0.15) is 0 Å². The van der Waals surface area contributed by atoms with Gasteiger partial charge < -0.3 is 14.4 Å². The number of methoxy groups -OCH3 is 2. The van der Waals surface area contributed by atoms with Crippen molar-refractivity contribution in [2.45, 2.75) is 25.9 Å². The first kappa shape index (κ1) is 17.3. The van der Waals surface area contributed by atoms with E-state index in [0.29, 0.717) is 0 Å². The topological polar surface area (TPSA) is 22.9 Å². The largest absolute Gasteiger partial charge is 0.493 e. The summed E-state index contributed by atoms with van der Waals surface area (Å²) in [4.78, 5) is 1.61. The Kier molecular flexibility index (Phi) is 4.33. The van der Waals surface area contributed by atoms with Gasteiger partial charge in [-0.25, -0.2) is 0 Å². The van der Waals surface area contributed by atoms with Crippen molar-refractivity contribution in [1.29, 1.82) is 0 Å². The van der Waals surface area contributed by atoms with E-state index in [-0.39, 0.29) is 0 Å². The molecule has 0 saturated carbocycles. The van der Waals surface area contributed by atoms with Crippen LogP contribution in [-0.2, 0) is 25.9 Å². The first-order valence-electron chi connectivity index (χ1n) is 10.0. The standard InChI is InChI=1S/C25H25NO2/c1-27-24-13-18-9-10-26(16-21(18)14-25(24)28-2)15-17-7-8-23-20(11-17)12-19-5-3-4-6-22(19)23/h3-8,11,13-14H,9-10,12,15-16H2,1-2H3/p+1. The summed E-state index contributed by atoms with van der Waals surface area (Å²) in [5.74, 6) is 1.67. The highest BCUT2D eigenvalue weighted by atomic mass is 16.5. The zero-order valence-corrected chi connectivity index (χ0v) is 16.5. The fourth-order valence-corrected chi connectivity index (χ4v) is 4.78. The molecular weight excluding hydrogens is 346 g/mol. The molecule has 3 nitrogen and oxygen atoms in total. The fourth-order valence-electron chi connectivity index (χ4n) is 4.78. The Labute approximate surface area is 166 Å². The number of hydrogen-bond donors (Lipinski definition) is 1. The quantitative estimate of drug-likeness (QED) is 0.593. The SMILES string of the molecule is COc1cc2c(cc1OC)C[NH+](Cc1ccc3c(c1)Cc1ccccc1-3)CC2. The number of benzene rings is 3. The van der Waals surface area contributed by atoms with Gasteiger partial charge in [-0.05, 0) is 52.4 Å². The zero-order valence-electron chi connectivity index (χ0n) is 16.5. The summed E-state index contributed by atoms with van der Waals surface area (Å²) in [6.07, 6.45) is 2.15. The van der Waals surface area contributed by atoms with E-state index in [2.05, 4.69) is 54.6 Å². The van der Waals surface area contributed by atoms with Crippen molar-refractivity contribution in [1.82, 2.24) is 0 Å². The van der Waals surface area contributed by atoms with Crippen molar-refractivity contribution in [3.05, 3.63) is 82.4 Å². The minimum Gasteiger partial charge on any atom is -0.493 e. The Balaban J connectivity index is 1.35. The molecule has 1 aliphatic carbocycles. The predicted molar refractivity (Wildman–Crippen MR) is 111 cm³/mol. The summed E-state index contributed by atoms with van der Waals surface area (Å²) in [7, 11) is 3.41. The van der Waals surface area contributed by atoms with E-state index < -0.39 is 0 Å². The Hall–Kier alpha value is -2.78. The summed E-state index contributed by atoms with van der Waals surface area (Å²) in [6.45, 7) is 3.25. The molecule has 2 aliphatic rings. The lowest BCUT2D eigenvalue weighted by Crippen LogP contribution is -3.10. The Morgan fingerprint density at radius 2 is 1.54 bits per heavy atom. The minimum atomic E-state index is 0.831. The van der Waals surface area contributed by atoms with Crippen molar-refractivity contribution in [2.75, 3.05) is 20.8 Å². The van der Waals surface area contributed by atoms with Gasteiger partial charge in [0.05, 0.1) is 20.8 Å². The third kappa shape index (κ3) is 2.96. The van der Waals surface area contributed by atoms with E-state index in [0.717, 1.165) is 44.0 Å². The number of quaternary nitrogens is 1. The van der Waals surface area contributed by atoms with Crippen LogP contribution in [0.5, 0.6) is 11.5 Å². The maximum absolute atomic E-state index is 5.50. The molecule has 1 atom stereocenters. The molecule has 1 unspecified atom stereocenters. The first-order chi connectivity index (χ1) is 13.7. The lowest BCUT2D eigenvalue weighted by molar-refractivity contribution is -0.929. The molecule has 0 spiro atoms. The van der Waals surface area contributed by atoms with E-state index in [9.17, 15) is 0 Å². The third-order valence-corrected chi connectivity index (χ3v) is 6.21. The molecule has 0 radical (unpaired) electrons. The van der Waals surface area contributed by atoms with Gasteiger partial charge >= 0.3 is 0 Å². The van der Waals surface area contributed by atoms with Crippen molar-refractivity contribution in [3.63, 3.8) is 0 Å². The smallest absolute Gasteiger partial charge is 0.161 e. The van der Waals surface area contributed by atoms with Crippen LogP contribution in [0.15, 0.2) is 54.6 Å². The van der Waals surface area contributed by atoms with Crippen molar-refractivity contribution >= 4 is 0 Å². The summed E-state index contributed by atoms with van der Waals surface area (Å²) in [6, 6.07) is 20.2. The van der Waals surface area contributed by atoms with Crippen LogP contribution in [0.2, 0.25) is 0 Å². The highest BCUT2D eigenvalue weighted by Gasteiger charge is 2.23. The highest BCUT2D eigenvalue weighted by molar-refractivity contribution is 5.76. The molecule has 5 rings (SSSR count). The van der Waals surface area contributed by atoms with Crippen LogP contribution in [0, 0.1) is 0 Å². The lowest BCUT2D eigenvalue weighted by atomic mass is 9.97. The average Bonchev–Trinajstić information content (AvgIpc) is 3.10. The second kappa shape index (κ2) is 6.99. The van der Waals surface area contributed by atoms with Crippen LogP contribution in [0.1, 0.15) is 27.8 Å². The number of rotatable bonds is 4. The van der Waals surface area contributed by atoms with Gasteiger partial charge in [0, 0.05) is 17.5 Å². The zero-order chi connectivity index (χ0) is 19.1. The van der Waals surface area contributed by atoms with Crippen LogP contribution in [-0.4, -0.2) is 20.8 Å². The molecular formula is C25H26NO2+. The average molecular weight is 372 g/mol. The van der Waals surface area contributed by atoms with Crippen LogP contribution in [0.3, 0.4) is 0 Å². The van der Waals surface area contributed by atoms with Gasteiger partial charge in [0.2, 0.25) is 0 Å². The fraction of sp³-hybridized carbons (Fsp3) is 0.280. The Morgan fingerprint density at radius 3 is 2.36 bits per heavy atom. The van der Waals surface area contributed by atoms with Crippen LogP contribution in [0.4, 0.5) is 0 Å². The van der Waals surface area contributed by atoms with E-state index in [1.54, 1.807) is 19.1 Å². The highest BCUT2D eigenvalue weighted by Crippen LogP contribution is 2.36.